The van der Waals surface area contributed by atoms with Crippen LogP contribution in [0, 0.1) is 5.92 Å². The van der Waals surface area contributed by atoms with Gasteiger partial charge in [-0.3, -0.25) is 9.78 Å². The second-order valence-corrected chi connectivity index (χ2v) is 8.48. The highest BCUT2D eigenvalue weighted by atomic mass is 16.2. The van der Waals surface area contributed by atoms with E-state index in [2.05, 4.69) is 10.3 Å². The number of likely N-dealkylation sites (tertiary alicyclic amines) is 1. The van der Waals surface area contributed by atoms with Crippen LogP contribution >= 0.6 is 0 Å². The first-order chi connectivity index (χ1) is 15.3. The molecule has 1 atom stereocenters. The third kappa shape index (κ3) is 4.43. The molecule has 0 radical (unpaired) electrons. The lowest BCUT2D eigenvalue weighted by atomic mass is 9.83. The quantitative estimate of drug-likeness (QED) is 0.651. The van der Waals surface area contributed by atoms with Crippen LogP contribution in [0.15, 0.2) is 60.9 Å². The Labute approximate surface area is 182 Å². The third-order valence-electron chi connectivity index (χ3n) is 6.30. The highest BCUT2D eigenvalue weighted by Crippen LogP contribution is 2.33. The summed E-state index contributed by atoms with van der Waals surface area (Å²) >= 11 is 0. The van der Waals surface area contributed by atoms with E-state index in [-0.39, 0.29) is 11.8 Å². The first-order valence-corrected chi connectivity index (χ1v) is 11.2. The number of aromatic nitrogens is 3. The number of nitrogens with zero attached hydrogens (tertiary/aromatic N) is 4. The molecule has 5 rings (SSSR count). The van der Waals surface area contributed by atoms with Crippen molar-refractivity contribution in [2.24, 2.45) is 5.92 Å². The molecule has 3 heterocycles. The van der Waals surface area contributed by atoms with Gasteiger partial charge in [0, 0.05) is 54.6 Å². The number of para-hydroxylation sites is 1. The predicted octanol–water partition coefficient (Wildman–Crippen LogP) is 4.79. The van der Waals surface area contributed by atoms with E-state index in [9.17, 15) is 4.79 Å². The van der Waals surface area contributed by atoms with E-state index in [1.165, 1.54) is 6.42 Å². The van der Waals surface area contributed by atoms with Crippen LogP contribution in [0.3, 0.4) is 0 Å². The van der Waals surface area contributed by atoms with E-state index in [0.717, 1.165) is 60.8 Å². The van der Waals surface area contributed by atoms with E-state index in [0.29, 0.717) is 12.5 Å². The Morgan fingerprint density at radius 2 is 1.87 bits per heavy atom. The van der Waals surface area contributed by atoms with E-state index < -0.39 is 0 Å². The van der Waals surface area contributed by atoms with E-state index in [4.69, 9.17) is 9.97 Å². The average molecular weight is 414 g/mol. The number of hydrogen-bond donors (Lipinski definition) is 1. The molecular formula is C25H27N5O. The molecule has 31 heavy (non-hydrogen) atoms. The fraction of sp³-hybridized carbons (Fsp3) is 0.360. The molecule has 3 aromatic rings. The van der Waals surface area contributed by atoms with Crippen LogP contribution < -0.4 is 5.32 Å². The highest BCUT2D eigenvalue weighted by molar-refractivity contribution is 5.79. The largest absolute Gasteiger partial charge is 0.342 e. The maximum Gasteiger partial charge on any atom is 0.225 e. The Hall–Kier alpha value is -3.28. The first kappa shape index (κ1) is 19.7. The van der Waals surface area contributed by atoms with Crippen LogP contribution in [-0.4, -0.2) is 38.8 Å². The van der Waals surface area contributed by atoms with E-state index >= 15 is 0 Å². The van der Waals surface area contributed by atoms with Crippen molar-refractivity contribution in [3.8, 4) is 11.3 Å². The summed E-state index contributed by atoms with van der Waals surface area (Å²) in [5.74, 6) is 2.26. The second kappa shape index (κ2) is 8.84. The van der Waals surface area contributed by atoms with Gasteiger partial charge in [-0.25, -0.2) is 9.97 Å². The number of carbonyl (C=O) groups excluding carboxylic acids is 1. The second-order valence-electron chi connectivity index (χ2n) is 8.48. The van der Waals surface area contributed by atoms with Gasteiger partial charge in [0.15, 0.2) is 0 Å². The van der Waals surface area contributed by atoms with Gasteiger partial charge in [0.1, 0.15) is 11.6 Å². The van der Waals surface area contributed by atoms with Crippen LogP contribution in [0.2, 0.25) is 0 Å². The summed E-state index contributed by atoms with van der Waals surface area (Å²) < 4.78 is 0. The van der Waals surface area contributed by atoms with Crippen molar-refractivity contribution in [3.05, 3.63) is 66.7 Å². The number of piperidine rings is 1. The van der Waals surface area contributed by atoms with E-state index in [1.54, 1.807) is 6.20 Å². The summed E-state index contributed by atoms with van der Waals surface area (Å²) in [6.07, 6.45) is 8.83. The van der Waals surface area contributed by atoms with Gasteiger partial charge in [-0.15, -0.1) is 0 Å². The van der Waals surface area contributed by atoms with Crippen LogP contribution in [0.5, 0.6) is 0 Å². The highest BCUT2D eigenvalue weighted by Gasteiger charge is 2.33. The Kier molecular flexibility index (Phi) is 5.61. The lowest BCUT2D eigenvalue weighted by Crippen LogP contribution is -2.44. The molecule has 6 nitrogen and oxygen atoms in total. The summed E-state index contributed by atoms with van der Waals surface area (Å²) in [5.41, 5.74) is 2.79. The maximum atomic E-state index is 12.8. The molecule has 1 aliphatic carbocycles. The minimum Gasteiger partial charge on any atom is -0.342 e. The number of hydrogen-bond acceptors (Lipinski definition) is 5. The molecule has 158 valence electrons. The summed E-state index contributed by atoms with van der Waals surface area (Å²) in [5, 5.41) is 3.41. The Bertz CT molecular complexity index is 1040. The van der Waals surface area contributed by atoms with Gasteiger partial charge in [0.05, 0.1) is 5.69 Å². The van der Waals surface area contributed by atoms with Crippen LogP contribution in [0.4, 0.5) is 11.5 Å². The zero-order valence-electron chi connectivity index (χ0n) is 17.6. The summed E-state index contributed by atoms with van der Waals surface area (Å²) in [6.45, 7) is 1.56. The number of amides is 1. The van der Waals surface area contributed by atoms with Gasteiger partial charge >= 0.3 is 0 Å². The van der Waals surface area contributed by atoms with Crippen molar-refractivity contribution in [1.29, 1.82) is 0 Å². The van der Waals surface area contributed by atoms with Crippen molar-refractivity contribution >= 4 is 17.4 Å². The predicted molar refractivity (Wildman–Crippen MR) is 121 cm³/mol. The molecule has 0 bridgehead atoms. The fourth-order valence-electron chi connectivity index (χ4n) is 4.35. The molecule has 1 amide bonds. The monoisotopic (exact) mass is 413 g/mol. The molecule has 1 N–H and O–H groups in total. The number of anilines is 2. The van der Waals surface area contributed by atoms with Crippen LogP contribution in [-0.2, 0) is 4.79 Å². The molecule has 1 saturated carbocycles. The smallest absolute Gasteiger partial charge is 0.225 e. The molecule has 2 aliphatic rings. The van der Waals surface area contributed by atoms with Gasteiger partial charge in [-0.1, -0.05) is 24.6 Å². The fourth-order valence-corrected chi connectivity index (χ4v) is 4.35. The molecule has 6 heteroatoms. The molecule has 1 saturated heterocycles. The van der Waals surface area contributed by atoms with Gasteiger partial charge < -0.3 is 10.2 Å². The summed E-state index contributed by atoms with van der Waals surface area (Å²) in [4.78, 5) is 28.9. The zero-order valence-corrected chi connectivity index (χ0v) is 17.6. The van der Waals surface area contributed by atoms with Crippen molar-refractivity contribution in [2.45, 2.75) is 38.0 Å². The number of benzene rings is 1. The van der Waals surface area contributed by atoms with Crippen molar-refractivity contribution in [2.75, 3.05) is 18.4 Å². The minimum absolute atomic E-state index is 0.144. The number of rotatable bonds is 5. The molecule has 2 fully saturated rings. The Morgan fingerprint density at radius 1 is 1.00 bits per heavy atom. The average Bonchev–Trinajstić information content (AvgIpc) is 2.79. The van der Waals surface area contributed by atoms with Crippen LogP contribution in [0.25, 0.3) is 11.3 Å². The molecule has 0 spiro atoms. The molecule has 2 aromatic heterocycles. The normalized spacial score (nSPS) is 19.0. The number of carbonyl (C=O) groups is 1. The van der Waals surface area contributed by atoms with E-state index in [1.807, 2.05) is 59.6 Å². The zero-order chi connectivity index (χ0) is 21.0. The van der Waals surface area contributed by atoms with Crippen LogP contribution in [0.1, 0.15) is 43.8 Å². The van der Waals surface area contributed by atoms with Gasteiger partial charge in [0.25, 0.3) is 0 Å². The number of pyridine rings is 1. The number of nitrogens with one attached hydrogen (secondary N) is 1. The Balaban J connectivity index is 1.45. The molecule has 0 unspecified atom stereocenters. The summed E-state index contributed by atoms with van der Waals surface area (Å²) in [6, 6.07) is 15.9. The first-order valence-electron chi connectivity index (χ1n) is 11.2. The molecule has 1 aromatic carbocycles. The summed E-state index contributed by atoms with van der Waals surface area (Å²) in [7, 11) is 0. The Morgan fingerprint density at radius 3 is 2.61 bits per heavy atom. The minimum atomic E-state index is 0.144. The standard InChI is InChI=1S/C25H27N5O/c31-25(18-7-4-8-18)30-14-6-10-20(17-30)24-28-22(19-9-5-13-26-16-19)15-23(29-24)27-21-11-2-1-3-12-21/h1-3,5,9,11-13,15-16,18,20H,4,6-8,10,14,17H2,(H,27,28,29)/t20-/m1/s1. The lowest BCUT2D eigenvalue weighted by Gasteiger charge is -2.36. The molecule has 1 aliphatic heterocycles. The van der Waals surface area contributed by atoms with Gasteiger partial charge in [-0.2, -0.15) is 0 Å². The molecular weight excluding hydrogens is 386 g/mol. The van der Waals surface area contributed by atoms with Gasteiger partial charge in [-0.05, 0) is 49.9 Å². The van der Waals surface area contributed by atoms with Crippen molar-refractivity contribution in [1.82, 2.24) is 19.9 Å². The maximum absolute atomic E-state index is 12.8. The topological polar surface area (TPSA) is 71.0 Å². The lowest BCUT2D eigenvalue weighted by molar-refractivity contribution is -0.139. The van der Waals surface area contributed by atoms with Crippen molar-refractivity contribution in [3.63, 3.8) is 0 Å². The van der Waals surface area contributed by atoms with Crippen molar-refractivity contribution < 1.29 is 4.79 Å². The third-order valence-corrected chi connectivity index (χ3v) is 6.30. The van der Waals surface area contributed by atoms with Gasteiger partial charge in [0.2, 0.25) is 5.91 Å². The SMILES string of the molecule is O=C(C1CCC1)N1CCC[C@@H](c2nc(Nc3ccccc3)cc(-c3cccnc3)n2)C1.